The van der Waals surface area contributed by atoms with E-state index in [4.69, 9.17) is 0 Å². The first-order valence-electron chi connectivity index (χ1n) is 5.02. The molecular weight excluding hydrogens is 234 g/mol. The van der Waals surface area contributed by atoms with Gasteiger partial charge < -0.3 is 0 Å². The van der Waals surface area contributed by atoms with Gasteiger partial charge in [0.1, 0.15) is 5.69 Å². The lowest BCUT2D eigenvalue weighted by atomic mass is 10.0. The first-order chi connectivity index (χ1) is 8.36. The molecule has 82 valence electrons. The lowest BCUT2D eigenvalue weighted by molar-refractivity contribution is 0.103. The van der Waals surface area contributed by atoms with Gasteiger partial charge in [-0.25, -0.2) is 0 Å². The SMILES string of the molecule is O=C(c1csnn1)c1cccc2cccnc12. The van der Waals surface area contributed by atoms with E-state index in [9.17, 15) is 4.79 Å². The number of benzene rings is 1. The summed E-state index contributed by atoms with van der Waals surface area (Å²) in [7, 11) is 0. The van der Waals surface area contributed by atoms with E-state index in [2.05, 4.69) is 14.6 Å². The number of fused-ring (bicyclic) bond motifs is 1. The molecule has 3 rings (SSSR count). The highest BCUT2D eigenvalue weighted by Crippen LogP contribution is 2.18. The first-order valence-corrected chi connectivity index (χ1v) is 5.85. The molecule has 0 amide bonds. The van der Waals surface area contributed by atoms with Crippen molar-refractivity contribution in [1.82, 2.24) is 14.6 Å². The van der Waals surface area contributed by atoms with Crippen LogP contribution in [0.25, 0.3) is 10.9 Å². The summed E-state index contributed by atoms with van der Waals surface area (Å²) in [4.78, 5) is 16.4. The van der Waals surface area contributed by atoms with Crippen molar-refractivity contribution in [3.05, 3.63) is 53.2 Å². The van der Waals surface area contributed by atoms with E-state index < -0.39 is 0 Å². The summed E-state index contributed by atoms with van der Waals surface area (Å²) in [5.74, 6) is -0.136. The molecule has 1 aromatic carbocycles. The fraction of sp³-hybridized carbons (Fsp3) is 0. The summed E-state index contributed by atoms with van der Waals surface area (Å²) < 4.78 is 3.70. The van der Waals surface area contributed by atoms with Crippen molar-refractivity contribution in [3.8, 4) is 0 Å². The molecule has 17 heavy (non-hydrogen) atoms. The van der Waals surface area contributed by atoms with Crippen LogP contribution in [-0.4, -0.2) is 20.4 Å². The molecule has 0 spiro atoms. The van der Waals surface area contributed by atoms with Crippen LogP contribution < -0.4 is 0 Å². The van der Waals surface area contributed by atoms with E-state index in [1.165, 1.54) is 11.5 Å². The fourth-order valence-corrected chi connectivity index (χ4v) is 2.13. The summed E-state index contributed by atoms with van der Waals surface area (Å²) in [6.45, 7) is 0. The van der Waals surface area contributed by atoms with Crippen LogP contribution in [0, 0.1) is 0 Å². The summed E-state index contributed by atoms with van der Waals surface area (Å²) in [5, 5.41) is 6.38. The number of carbonyl (C=O) groups excluding carboxylic acids is 1. The van der Waals surface area contributed by atoms with E-state index in [1.807, 2.05) is 24.3 Å². The topological polar surface area (TPSA) is 55.7 Å². The molecule has 0 saturated heterocycles. The Hall–Kier alpha value is -2.14. The van der Waals surface area contributed by atoms with E-state index >= 15 is 0 Å². The summed E-state index contributed by atoms with van der Waals surface area (Å²) in [6.07, 6.45) is 1.68. The number of para-hydroxylation sites is 1. The van der Waals surface area contributed by atoms with Crippen LogP contribution in [0.2, 0.25) is 0 Å². The van der Waals surface area contributed by atoms with Gasteiger partial charge in [-0.05, 0) is 23.7 Å². The second-order valence-electron chi connectivity index (χ2n) is 3.50. The van der Waals surface area contributed by atoms with Crippen molar-refractivity contribution in [2.24, 2.45) is 0 Å². The molecule has 4 nitrogen and oxygen atoms in total. The van der Waals surface area contributed by atoms with Crippen LogP contribution >= 0.6 is 11.5 Å². The van der Waals surface area contributed by atoms with Crippen LogP contribution in [0.15, 0.2) is 41.9 Å². The minimum atomic E-state index is -0.136. The van der Waals surface area contributed by atoms with Crippen LogP contribution in [0.5, 0.6) is 0 Å². The maximum atomic E-state index is 12.2. The van der Waals surface area contributed by atoms with Crippen molar-refractivity contribution >= 4 is 28.2 Å². The van der Waals surface area contributed by atoms with Gasteiger partial charge in [-0.3, -0.25) is 9.78 Å². The smallest absolute Gasteiger partial charge is 0.216 e. The van der Waals surface area contributed by atoms with Crippen LogP contribution in [0.4, 0.5) is 0 Å². The van der Waals surface area contributed by atoms with Gasteiger partial charge in [0, 0.05) is 17.0 Å². The van der Waals surface area contributed by atoms with Gasteiger partial charge in [-0.15, -0.1) is 5.10 Å². The normalized spacial score (nSPS) is 10.6. The predicted octanol–water partition coefficient (Wildman–Crippen LogP) is 2.32. The molecule has 0 aliphatic carbocycles. The van der Waals surface area contributed by atoms with Gasteiger partial charge >= 0.3 is 0 Å². The third kappa shape index (κ3) is 1.70. The highest BCUT2D eigenvalue weighted by molar-refractivity contribution is 7.03. The zero-order chi connectivity index (χ0) is 11.7. The Kier molecular flexibility index (Phi) is 2.38. The van der Waals surface area contributed by atoms with Crippen LogP contribution in [0.1, 0.15) is 16.1 Å². The Labute approximate surface area is 101 Å². The van der Waals surface area contributed by atoms with Crippen molar-refractivity contribution in [3.63, 3.8) is 0 Å². The standard InChI is InChI=1S/C12H7N3OS/c16-12(10-7-17-15-14-10)9-5-1-3-8-4-2-6-13-11(8)9/h1-7H. The zero-order valence-electron chi connectivity index (χ0n) is 8.70. The molecule has 0 radical (unpaired) electrons. The van der Waals surface area contributed by atoms with Crippen molar-refractivity contribution in [2.75, 3.05) is 0 Å². The summed E-state index contributed by atoms with van der Waals surface area (Å²) in [6, 6.07) is 9.31. The Morgan fingerprint density at radius 2 is 2.06 bits per heavy atom. The fourth-order valence-electron chi connectivity index (χ4n) is 1.69. The van der Waals surface area contributed by atoms with Crippen LogP contribution in [0.3, 0.4) is 0 Å². The average molecular weight is 241 g/mol. The van der Waals surface area contributed by atoms with Crippen LogP contribution in [-0.2, 0) is 0 Å². The quantitative estimate of drug-likeness (QED) is 0.646. The molecule has 0 bridgehead atoms. The first kappa shape index (κ1) is 10.0. The van der Waals surface area contributed by atoms with Crippen molar-refractivity contribution < 1.29 is 4.79 Å². The van der Waals surface area contributed by atoms with Crippen molar-refractivity contribution in [1.29, 1.82) is 0 Å². The van der Waals surface area contributed by atoms with E-state index in [-0.39, 0.29) is 5.78 Å². The second kappa shape index (κ2) is 4.03. The van der Waals surface area contributed by atoms with Crippen molar-refractivity contribution in [2.45, 2.75) is 0 Å². The summed E-state index contributed by atoms with van der Waals surface area (Å²) in [5.41, 5.74) is 1.64. The van der Waals surface area contributed by atoms with E-state index in [0.717, 1.165) is 5.39 Å². The van der Waals surface area contributed by atoms with Gasteiger partial charge in [0.25, 0.3) is 0 Å². The lowest BCUT2D eigenvalue weighted by Crippen LogP contribution is -2.03. The Bertz CT molecular complexity index is 674. The molecule has 5 heteroatoms. The number of rotatable bonds is 2. The molecular formula is C12H7N3OS. The van der Waals surface area contributed by atoms with E-state index in [0.29, 0.717) is 16.8 Å². The molecule has 0 unspecified atom stereocenters. The number of aromatic nitrogens is 3. The number of nitrogens with zero attached hydrogens (tertiary/aromatic N) is 3. The maximum Gasteiger partial charge on any atom is 0.216 e. The molecule has 2 heterocycles. The molecule has 0 aliphatic rings. The monoisotopic (exact) mass is 241 g/mol. The Morgan fingerprint density at radius 3 is 2.88 bits per heavy atom. The minimum absolute atomic E-state index is 0.136. The van der Waals surface area contributed by atoms with E-state index in [1.54, 1.807) is 17.6 Å². The highest BCUT2D eigenvalue weighted by Gasteiger charge is 2.15. The third-order valence-electron chi connectivity index (χ3n) is 2.47. The lowest BCUT2D eigenvalue weighted by Gasteiger charge is -2.02. The molecule has 0 aliphatic heterocycles. The van der Waals surface area contributed by atoms with Gasteiger partial charge in [-0.1, -0.05) is 22.7 Å². The molecule has 0 atom stereocenters. The zero-order valence-corrected chi connectivity index (χ0v) is 9.52. The third-order valence-corrected chi connectivity index (χ3v) is 2.97. The number of hydrogen-bond acceptors (Lipinski definition) is 5. The largest absolute Gasteiger partial charge is 0.287 e. The number of pyridine rings is 1. The highest BCUT2D eigenvalue weighted by atomic mass is 32.1. The Morgan fingerprint density at radius 1 is 1.18 bits per heavy atom. The number of hydrogen-bond donors (Lipinski definition) is 0. The number of ketones is 1. The molecule has 0 saturated carbocycles. The molecule has 0 fully saturated rings. The number of carbonyl (C=O) groups is 1. The van der Waals surface area contributed by atoms with Gasteiger partial charge in [-0.2, -0.15) is 0 Å². The minimum Gasteiger partial charge on any atom is -0.287 e. The van der Waals surface area contributed by atoms with Gasteiger partial charge in [0.15, 0.2) is 0 Å². The average Bonchev–Trinajstić information content (AvgIpc) is 2.91. The van der Waals surface area contributed by atoms with Gasteiger partial charge in [0.2, 0.25) is 5.78 Å². The summed E-state index contributed by atoms with van der Waals surface area (Å²) >= 11 is 1.17. The van der Waals surface area contributed by atoms with Gasteiger partial charge in [0.05, 0.1) is 11.1 Å². The second-order valence-corrected chi connectivity index (χ2v) is 4.11. The molecule has 3 aromatic rings. The molecule has 0 N–H and O–H groups in total. The maximum absolute atomic E-state index is 12.2. The predicted molar refractivity (Wildman–Crippen MR) is 65.1 cm³/mol. The Balaban J connectivity index is 2.21. The molecule has 2 aromatic heterocycles.